The van der Waals surface area contributed by atoms with Gasteiger partial charge < -0.3 is 15.4 Å². The van der Waals surface area contributed by atoms with E-state index in [2.05, 4.69) is 18.7 Å². The number of hydrogen-bond donors (Lipinski definition) is 1. The van der Waals surface area contributed by atoms with Gasteiger partial charge in [-0.05, 0) is 31.2 Å². The summed E-state index contributed by atoms with van der Waals surface area (Å²) in [5.74, 6) is 1.71. The van der Waals surface area contributed by atoms with Crippen LogP contribution in [0.5, 0.6) is 0 Å². The number of piperidine rings is 1. The molecule has 0 radical (unpaired) electrons. The van der Waals surface area contributed by atoms with E-state index in [1.54, 1.807) is 7.11 Å². The van der Waals surface area contributed by atoms with Crippen molar-refractivity contribution in [2.24, 2.45) is 17.6 Å². The van der Waals surface area contributed by atoms with Gasteiger partial charge in [-0.3, -0.25) is 0 Å². The highest BCUT2D eigenvalue weighted by Crippen LogP contribution is 2.22. The highest BCUT2D eigenvalue weighted by atomic mass is 16.5. The Morgan fingerprint density at radius 1 is 1.40 bits per heavy atom. The summed E-state index contributed by atoms with van der Waals surface area (Å²) >= 11 is 0. The predicted molar refractivity (Wildman–Crippen MR) is 63.9 cm³/mol. The molecule has 1 aliphatic rings. The Bertz CT molecular complexity index is 171. The van der Waals surface area contributed by atoms with Crippen molar-refractivity contribution < 1.29 is 4.74 Å². The van der Waals surface area contributed by atoms with Crippen LogP contribution in [-0.4, -0.2) is 44.3 Å². The summed E-state index contributed by atoms with van der Waals surface area (Å²) in [6, 6.07) is 0. The van der Waals surface area contributed by atoms with Crippen molar-refractivity contribution in [2.45, 2.75) is 32.8 Å². The smallest absolute Gasteiger partial charge is 0.0705 e. The van der Waals surface area contributed by atoms with Crippen LogP contribution in [-0.2, 0) is 4.74 Å². The third kappa shape index (κ3) is 4.09. The first-order valence-electron chi connectivity index (χ1n) is 6.12. The third-order valence-corrected chi connectivity index (χ3v) is 3.78. The molecule has 0 saturated carbocycles. The normalized spacial score (nSPS) is 30.4. The minimum atomic E-state index is 0.236. The summed E-state index contributed by atoms with van der Waals surface area (Å²) in [6.45, 7) is 8.96. The zero-order valence-electron chi connectivity index (χ0n) is 10.4. The summed E-state index contributed by atoms with van der Waals surface area (Å²) in [5.41, 5.74) is 5.60. The lowest BCUT2D eigenvalue weighted by Crippen LogP contribution is -2.40. The van der Waals surface area contributed by atoms with E-state index in [1.165, 1.54) is 19.5 Å². The maximum atomic E-state index is 5.60. The molecule has 3 nitrogen and oxygen atoms in total. The molecule has 1 fully saturated rings. The van der Waals surface area contributed by atoms with Crippen LogP contribution in [0.1, 0.15) is 26.7 Å². The molecule has 90 valence electrons. The van der Waals surface area contributed by atoms with Gasteiger partial charge in [0.2, 0.25) is 0 Å². The van der Waals surface area contributed by atoms with Crippen LogP contribution in [0, 0.1) is 11.8 Å². The lowest BCUT2D eigenvalue weighted by molar-refractivity contribution is 0.0741. The van der Waals surface area contributed by atoms with E-state index in [0.29, 0.717) is 6.54 Å². The van der Waals surface area contributed by atoms with Gasteiger partial charge in [-0.1, -0.05) is 13.8 Å². The first-order valence-corrected chi connectivity index (χ1v) is 6.12. The summed E-state index contributed by atoms with van der Waals surface area (Å²) in [5, 5.41) is 0. The number of methoxy groups -OCH3 is 1. The van der Waals surface area contributed by atoms with Crippen molar-refractivity contribution in [2.75, 3.05) is 33.3 Å². The van der Waals surface area contributed by atoms with E-state index < -0.39 is 0 Å². The number of ether oxygens (including phenoxy) is 1. The first-order chi connectivity index (χ1) is 7.17. The number of rotatable bonds is 5. The maximum absolute atomic E-state index is 5.60. The van der Waals surface area contributed by atoms with Gasteiger partial charge in [0.05, 0.1) is 6.10 Å². The van der Waals surface area contributed by atoms with E-state index in [1.807, 2.05) is 0 Å². The molecule has 3 heteroatoms. The number of likely N-dealkylation sites (tertiary alicyclic amines) is 1. The maximum Gasteiger partial charge on any atom is 0.0705 e. The van der Waals surface area contributed by atoms with Crippen LogP contribution in [0.3, 0.4) is 0 Å². The predicted octanol–water partition coefficient (Wildman–Crippen LogP) is 1.33. The van der Waals surface area contributed by atoms with Crippen molar-refractivity contribution in [1.29, 1.82) is 0 Å². The SMILES string of the molecule is COC(CN)CCN1CCC(C)C(C)C1. The minimum absolute atomic E-state index is 0.236. The summed E-state index contributed by atoms with van der Waals surface area (Å²) < 4.78 is 5.29. The van der Waals surface area contributed by atoms with Crippen LogP contribution in [0.15, 0.2) is 0 Å². The fourth-order valence-corrected chi connectivity index (χ4v) is 2.21. The van der Waals surface area contributed by atoms with Crippen molar-refractivity contribution in [3.05, 3.63) is 0 Å². The molecule has 0 spiro atoms. The van der Waals surface area contributed by atoms with Gasteiger partial charge >= 0.3 is 0 Å². The third-order valence-electron chi connectivity index (χ3n) is 3.78. The number of hydrogen-bond acceptors (Lipinski definition) is 3. The van der Waals surface area contributed by atoms with Gasteiger partial charge in [-0.2, -0.15) is 0 Å². The Morgan fingerprint density at radius 3 is 2.67 bits per heavy atom. The fraction of sp³-hybridized carbons (Fsp3) is 1.00. The number of nitrogens with two attached hydrogens (primary N) is 1. The number of nitrogens with zero attached hydrogens (tertiary/aromatic N) is 1. The Kier molecular flexibility index (Phi) is 5.58. The lowest BCUT2D eigenvalue weighted by atomic mass is 9.88. The largest absolute Gasteiger partial charge is 0.380 e. The van der Waals surface area contributed by atoms with Crippen LogP contribution in [0.2, 0.25) is 0 Å². The highest BCUT2D eigenvalue weighted by molar-refractivity contribution is 4.76. The summed E-state index contributed by atoms with van der Waals surface area (Å²) in [4.78, 5) is 2.55. The van der Waals surface area contributed by atoms with Gasteiger partial charge in [-0.25, -0.2) is 0 Å². The molecule has 1 rings (SSSR count). The summed E-state index contributed by atoms with van der Waals surface area (Å²) in [6.07, 6.45) is 2.63. The Labute approximate surface area is 94.0 Å². The van der Waals surface area contributed by atoms with Crippen LogP contribution < -0.4 is 5.73 Å². The average molecular weight is 214 g/mol. The Hall–Kier alpha value is -0.120. The molecule has 0 amide bonds. The summed E-state index contributed by atoms with van der Waals surface area (Å²) in [7, 11) is 1.75. The average Bonchev–Trinajstić information content (AvgIpc) is 2.24. The molecule has 1 aliphatic heterocycles. The van der Waals surface area contributed by atoms with Crippen molar-refractivity contribution in [3.63, 3.8) is 0 Å². The molecule has 0 aromatic heterocycles. The minimum Gasteiger partial charge on any atom is -0.380 e. The van der Waals surface area contributed by atoms with E-state index in [0.717, 1.165) is 24.8 Å². The molecule has 3 unspecified atom stereocenters. The van der Waals surface area contributed by atoms with Crippen molar-refractivity contribution in [1.82, 2.24) is 4.90 Å². The second-order valence-corrected chi connectivity index (χ2v) is 4.93. The molecule has 0 aromatic carbocycles. The molecule has 0 bridgehead atoms. The van der Waals surface area contributed by atoms with E-state index in [9.17, 15) is 0 Å². The van der Waals surface area contributed by atoms with Gasteiger partial charge in [0, 0.05) is 26.7 Å². The van der Waals surface area contributed by atoms with E-state index >= 15 is 0 Å². The molecule has 2 N–H and O–H groups in total. The Balaban J connectivity index is 2.22. The quantitative estimate of drug-likeness (QED) is 0.750. The molecular weight excluding hydrogens is 188 g/mol. The lowest BCUT2D eigenvalue weighted by Gasteiger charge is -2.35. The van der Waals surface area contributed by atoms with Crippen molar-refractivity contribution in [3.8, 4) is 0 Å². The van der Waals surface area contributed by atoms with Crippen molar-refractivity contribution >= 4 is 0 Å². The molecular formula is C12H26N2O. The van der Waals surface area contributed by atoms with Gasteiger partial charge in [-0.15, -0.1) is 0 Å². The molecule has 15 heavy (non-hydrogen) atoms. The van der Waals surface area contributed by atoms with E-state index in [4.69, 9.17) is 10.5 Å². The van der Waals surface area contributed by atoms with Crippen LogP contribution in [0.25, 0.3) is 0 Å². The van der Waals surface area contributed by atoms with Gasteiger partial charge in [0.15, 0.2) is 0 Å². The molecule has 3 atom stereocenters. The zero-order valence-corrected chi connectivity index (χ0v) is 10.4. The topological polar surface area (TPSA) is 38.5 Å². The highest BCUT2D eigenvalue weighted by Gasteiger charge is 2.22. The second-order valence-electron chi connectivity index (χ2n) is 4.93. The molecule has 0 aromatic rings. The zero-order chi connectivity index (χ0) is 11.3. The molecule has 0 aliphatic carbocycles. The fourth-order valence-electron chi connectivity index (χ4n) is 2.21. The van der Waals surface area contributed by atoms with Crippen LogP contribution in [0.4, 0.5) is 0 Å². The first kappa shape index (κ1) is 12.9. The van der Waals surface area contributed by atoms with Gasteiger partial charge in [0.1, 0.15) is 0 Å². The van der Waals surface area contributed by atoms with E-state index in [-0.39, 0.29) is 6.10 Å². The van der Waals surface area contributed by atoms with Gasteiger partial charge in [0.25, 0.3) is 0 Å². The molecule has 1 heterocycles. The second kappa shape index (κ2) is 6.46. The molecule has 1 saturated heterocycles. The standard InChI is InChI=1S/C12H26N2O/c1-10-4-6-14(9-11(10)2)7-5-12(8-13)15-3/h10-12H,4-9,13H2,1-3H3. The van der Waals surface area contributed by atoms with Crippen LogP contribution >= 0.6 is 0 Å². The Morgan fingerprint density at radius 2 is 2.13 bits per heavy atom. The monoisotopic (exact) mass is 214 g/mol.